The highest BCUT2D eigenvalue weighted by Gasteiger charge is 2.14. The number of rotatable bonds is 4. The quantitative estimate of drug-likeness (QED) is 0.812. The summed E-state index contributed by atoms with van der Waals surface area (Å²) in [6, 6.07) is 16.0. The highest BCUT2D eigenvalue weighted by molar-refractivity contribution is 7.98. The fourth-order valence-electron chi connectivity index (χ4n) is 1.71. The largest absolute Gasteiger partial charge is 0.386 e. The molecule has 0 saturated heterocycles. The van der Waals surface area contributed by atoms with E-state index in [1.807, 2.05) is 48.5 Å². The first-order valence-corrected chi connectivity index (χ1v) is 7.52. The second-order valence-electron chi connectivity index (χ2n) is 5.00. The second kappa shape index (κ2) is 6.00. The van der Waals surface area contributed by atoms with Gasteiger partial charge in [0.1, 0.15) is 0 Å². The van der Waals surface area contributed by atoms with Crippen LogP contribution in [0.1, 0.15) is 25.0 Å². The van der Waals surface area contributed by atoms with Gasteiger partial charge in [-0.05, 0) is 49.2 Å². The van der Waals surface area contributed by atoms with Crippen LogP contribution >= 0.6 is 23.4 Å². The summed E-state index contributed by atoms with van der Waals surface area (Å²) >= 11 is 7.63. The predicted octanol–water partition coefficient (Wildman–Crippen LogP) is 4.86. The van der Waals surface area contributed by atoms with Crippen molar-refractivity contribution in [3.63, 3.8) is 0 Å². The van der Waals surface area contributed by atoms with Crippen molar-refractivity contribution in [3.05, 3.63) is 64.7 Å². The Morgan fingerprint density at radius 1 is 1.00 bits per heavy atom. The standard InChI is InChI=1S/C16H17ClOS/c1-16(2,18)13-5-9-15(10-6-13)19-11-12-3-7-14(17)8-4-12/h3-10,18H,11H2,1-2H3. The van der Waals surface area contributed by atoms with Gasteiger partial charge in [0.05, 0.1) is 5.60 Å². The molecular weight excluding hydrogens is 276 g/mol. The monoisotopic (exact) mass is 292 g/mol. The van der Waals surface area contributed by atoms with E-state index in [1.165, 1.54) is 10.5 Å². The lowest BCUT2D eigenvalue weighted by Gasteiger charge is -2.17. The second-order valence-corrected chi connectivity index (χ2v) is 6.48. The molecule has 3 heteroatoms. The first-order chi connectivity index (χ1) is 8.95. The summed E-state index contributed by atoms with van der Waals surface area (Å²) in [4.78, 5) is 1.20. The van der Waals surface area contributed by atoms with Crippen molar-refractivity contribution >= 4 is 23.4 Å². The summed E-state index contributed by atoms with van der Waals surface area (Å²) in [5.74, 6) is 0.916. The van der Waals surface area contributed by atoms with Crippen molar-refractivity contribution in [3.8, 4) is 0 Å². The molecule has 1 nitrogen and oxygen atoms in total. The third kappa shape index (κ3) is 4.27. The molecular formula is C16H17ClOS. The molecule has 2 rings (SSSR count). The van der Waals surface area contributed by atoms with E-state index >= 15 is 0 Å². The molecule has 0 bridgehead atoms. The molecule has 0 aliphatic rings. The van der Waals surface area contributed by atoms with Crippen LogP contribution in [0.4, 0.5) is 0 Å². The van der Waals surface area contributed by atoms with Crippen LogP contribution in [-0.4, -0.2) is 5.11 Å². The Morgan fingerprint density at radius 2 is 1.58 bits per heavy atom. The summed E-state index contributed by atoms with van der Waals surface area (Å²) in [5, 5.41) is 10.7. The molecule has 100 valence electrons. The fourth-order valence-corrected chi connectivity index (χ4v) is 2.69. The molecule has 0 aliphatic carbocycles. The lowest BCUT2D eigenvalue weighted by atomic mass is 9.99. The van der Waals surface area contributed by atoms with Gasteiger partial charge in [-0.1, -0.05) is 35.9 Å². The summed E-state index contributed by atoms with van der Waals surface area (Å²) in [6.07, 6.45) is 0. The average Bonchev–Trinajstić information content (AvgIpc) is 2.37. The maximum atomic E-state index is 9.89. The molecule has 0 amide bonds. The van der Waals surface area contributed by atoms with Crippen molar-refractivity contribution in [1.29, 1.82) is 0 Å². The molecule has 0 aromatic heterocycles. The zero-order chi connectivity index (χ0) is 13.9. The summed E-state index contributed by atoms with van der Waals surface area (Å²) in [5.41, 5.74) is 1.41. The van der Waals surface area contributed by atoms with Gasteiger partial charge >= 0.3 is 0 Å². The van der Waals surface area contributed by atoms with Gasteiger partial charge in [0.2, 0.25) is 0 Å². The Balaban J connectivity index is 1.98. The Morgan fingerprint density at radius 3 is 2.11 bits per heavy atom. The molecule has 0 saturated carbocycles. The van der Waals surface area contributed by atoms with Crippen LogP contribution in [0.3, 0.4) is 0 Å². The Labute approximate surface area is 123 Å². The molecule has 0 radical (unpaired) electrons. The van der Waals surface area contributed by atoms with E-state index in [0.717, 1.165) is 16.3 Å². The van der Waals surface area contributed by atoms with Gasteiger partial charge in [-0.15, -0.1) is 11.8 Å². The maximum Gasteiger partial charge on any atom is 0.0840 e. The highest BCUT2D eigenvalue weighted by atomic mass is 35.5. The van der Waals surface area contributed by atoms with Crippen molar-refractivity contribution in [2.24, 2.45) is 0 Å². The summed E-state index contributed by atoms with van der Waals surface area (Å²) in [6.45, 7) is 3.59. The van der Waals surface area contributed by atoms with E-state index in [4.69, 9.17) is 11.6 Å². The van der Waals surface area contributed by atoms with Gasteiger partial charge in [0, 0.05) is 15.7 Å². The van der Waals surface area contributed by atoms with E-state index in [2.05, 4.69) is 0 Å². The molecule has 2 aromatic carbocycles. The van der Waals surface area contributed by atoms with E-state index in [1.54, 1.807) is 25.6 Å². The molecule has 19 heavy (non-hydrogen) atoms. The molecule has 0 fully saturated rings. The zero-order valence-corrected chi connectivity index (χ0v) is 12.6. The Bertz CT molecular complexity index is 526. The van der Waals surface area contributed by atoms with Crippen LogP contribution in [0.15, 0.2) is 53.4 Å². The highest BCUT2D eigenvalue weighted by Crippen LogP contribution is 2.26. The Hall–Kier alpha value is -0.960. The molecule has 0 aliphatic heterocycles. The van der Waals surface area contributed by atoms with E-state index in [-0.39, 0.29) is 0 Å². The minimum absolute atomic E-state index is 0.767. The number of hydrogen-bond donors (Lipinski definition) is 1. The van der Waals surface area contributed by atoms with Crippen LogP contribution in [0.2, 0.25) is 5.02 Å². The van der Waals surface area contributed by atoms with E-state index in [9.17, 15) is 5.11 Å². The lowest BCUT2D eigenvalue weighted by Crippen LogP contribution is -2.14. The normalized spacial score (nSPS) is 11.6. The number of thioether (sulfide) groups is 1. The molecule has 0 spiro atoms. The van der Waals surface area contributed by atoms with Crippen LogP contribution in [0.25, 0.3) is 0 Å². The number of hydrogen-bond acceptors (Lipinski definition) is 2. The van der Waals surface area contributed by atoms with Crippen LogP contribution in [0.5, 0.6) is 0 Å². The van der Waals surface area contributed by atoms with Crippen molar-refractivity contribution in [2.45, 2.75) is 30.1 Å². The number of aliphatic hydroxyl groups is 1. The van der Waals surface area contributed by atoms with Crippen LogP contribution < -0.4 is 0 Å². The SMILES string of the molecule is CC(C)(O)c1ccc(SCc2ccc(Cl)cc2)cc1. The van der Waals surface area contributed by atoms with Gasteiger partial charge in [-0.3, -0.25) is 0 Å². The minimum Gasteiger partial charge on any atom is -0.386 e. The third-order valence-corrected chi connectivity index (χ3v) is 4.21. The summed E-state index contributed by atoms with van der Waals surface area (Å²) < 4.78 is 0. The molecule has 1 N–H and O–H groups in total. The van der Waals surface area contributed by atoms with Crippen molar-refractivity contribution in [1.82, 2.24) is 0 Å². The van der Waals surface area contributed by atoms with Crippen molar-refractivity contribution < 1.29 is 5.11 Å². The van der Waals surface area contributed by atoms with Gasteiger partial charge in [0.15, 0.2) is 0 Å². The first-order valence-electron chi connectivity index (χ1n) is 6.15. The van der Waals surface area contributed by atoms with Gasteiger partial charge in [-0.25, -0.2) is 0 Å². The Kier molecular flexibility index (Phi) is 4.56. The maximum absolute atomic E-state index is 9.89. The van der Waals surface area contributed by atoms with Crippen molar-refractivity contribution in [2.75, 3.05) is 0 Å². The van der Waals surface area contributed by atoms with Gasteiger partial charge in [0.25, 0.3) is 0 Å². The van der Waals surface area contributed by atoms with Crippen LogP contribution in [-0.2, 0) is 11.4 Å². The summed E-state index contributed by atoms with van der Waals surface area (Å²) in [7, 11) is 0. The minimum atomic E-state index is -0.778. The predicted molar refractivity (Wildman–Crippen MR) is 82.7 cm³/mol. The third-order valence-electron chi connectivity index (χ3n) is 2.88. The zero-order valence-electron chi connectivity index (χ0n) is 11.1. The van der Waals surface area contributed by atoms with E-state index in [0.29, 0.717) is 0 Å². The smallest absolute Gasteiger partial charge is 0.0840 e. The lowest BCUT2D eigenvalue weighted by molar-refractivity contribution is 0.0785. The number of benzene rings is 2. The molecule has 0 unspecified atom stereocenters. The topological polar surface area (TPSA) is 20.2 Å². The van der Waals surface area contributed by atoms with Gasteiger partial charge in [-0.2, -0.15) is 0 Å². The molecule has 0 heterocycles. The average molecular weight is 293 g/mol. The van der Waals surface area contributed by atoms with Gasteiger partial charge < -0.3 is 5.11 Å². The first kappa shape index (κ1) is 14.4. The fraction of sp³-hybridized carbons (Fsp3) is 0.250. The number of halogens is 1. The molecule has 0 atom stereocenters. The van der Waals surface area contributed by atoms with Crippen LogP contribution in [0, 0.1) is 0 Å². The molecule has 2 aromatic rings. The van der Waals surface area contributed by atoms with E-state index < -0.39 is 5.60 Å².